The highest BCUT2D eigenvalue weighted by molar-refractivity contribution is 7.17. The fraction of sp³-hybridized carbons (Fsp3) is 0.545. The molecular formula is C11H14ClNO2S. The standard InChI is InChI=1S/C11H14ClNO2S/c12-10-4-3-9(16-10)11(15)13-6-5-8(14)7-1-2-7/h3-4,7-8,14H,1-2,5-6H2,(H,13,15)/t8-/m1/s1. The van der Waals surface area contributed by atoms with Crippen molar-refractivity contribution in [1.82, 2.24) is 5.32 Å². The molecule has 1 aromatic rings. The molecule has 0 saturated heterocycles. The summed E-state index contributed by atoms with van der Waals surface area (Å²) in [4.78, 5) is 12.2. The highest BCUT2D eigenvalue weighted by Crippen LogP contribution is 2.33. The van der Waals surface area contributed by atoms with E-state index >= 15 is 0 Å². The summed E-state index contributed by atoms with van der Waals surface area (Å²) in [5.74, 6) is 0.355. The number of amides is 1. The maximum atomic E-state index is 11.6. The molecule has 5 heteroatoms. The quantitative estimate of drug-likeness (QED) is 0.853. The number of aliphatic hydroxyl groups excluding tert-OH is 1. The average molecular weight is 260 g/mol. The Kier molecular flexibility index (Phi) is 3.84. The highest BCUT2D eigenvalue weighted by atomic mass is 35.5. The lowest BCUT2D eigenvalue weighted by Gasteiger charge is -2.09. The van der Waals surface area contributed by atoms with Crippen LogP contribution >= 0.6 is 22.9 Å². The van der Waals surface area contributed by atoms with Crippen LogP contribution in [0.3, 0.4) is 0 Å². The van der Waals surface area contributed by atoms with Gasteiger partial charge in [-0.15, -0.1) is 11.3 Å². The molecular weight excluding hydrogens is 246 g/mol. The second kappa shape index (κ2) is 5.17. The Bertz CT molecular complexity index is 376. The molecule has 0 bridgehead atoms. The van der Waals surface area contributed by atoms with Crippen molar-refractivity contribution in [2.24, 2.45) is 5.92 Å². The number of halogens is 1. The number of rotatable bonds is 5. The van der Waals surface area contributed by atoms with Crippen LogP contribution in [0.5, 0.6) is 0 Å². The van der Waals surface area contributed by atoms with Gasteiger partial charge in [0.25, 0.3) is 5.91 Å². The predicted octanol–water partition coefficient (Wildman–Crippen LogP) is 2.29. The number of carbonyl (C=O) groups excluding carboxylic acids is 1. The van der Waals surface area contributed by atoms with E-state index in [0.717, 1.165) is 12.8 Å². The van der Waals surface area contributed by atoms with Gasteiger partial charge in [-0.05, 0) is 37.3 Å². The monoisotopic (exact) mass is 259 g/mol. The highest BCUT2D eigenvalue weighted by Gasteiger charge is 2.29. The summed E-state index contributed by atoms with van der Waals surface area (Å²) in [6.07, 6.45) is 2.62. The van der Waals surface area contributed by atoms with E-state index in [-0.39, 0.29) is 12.0 Å². The third-order valence-electron chi connectivity index (χ3n) is 2.69. The van der Waals surface area contributed by atoms with E-state index < -0.39 is 0 Å². The number of aliphatic hydroxyl groups is 1. The van der Waals surface area contributed by atoms with Crippen LogP contribution in [0.25, 0.3) is 0 Å². The lowest BCUT2D eigenvalue weighted by molar-refractivity contribution is 0.0941. The molecule has 16 heavy (non-hydrogen) atoms. The van der Waals surface area contributed by atoms with Crippen LogP contribution in [0.15, 0.2) is 12.1 Å². The molecule has 2 N–H and O–H groups in total. The molecule has 88 valence electrons. The fourth-order valence-corrected chi connectivity index (χ4v) is 2.53. The summed E-state index contributed by atoms with van der Waals surface area (Å²) in [5.41, 5.74) is 0. The van der Waals surface area contributed by atoms with Gasteiger partial charge in [0.2, 0.25) is 0 Å². The van der Waals surface area contributed by atoms with Crippen LogP contribution in [0, 0.1) is 5.92 Å². The van der Waals surface area contributed by atoms with Gasteiger partial charge >= 0.3 is 0 Å². The van der Waals surface area contributed by atoms with Crippen LogP contribution in [0.2, 0.25) is 4.34 Å². The number of hydrogen-bond donors (Lipinski definition) is 2. The third-order valence-corrected chi connectivity index (χ3v) is 3.92. The smallest absolute Gasteiger partial charge is 0.261 e. The van der Waals surface area contributed by atoms with Gasteiger partial charge in [-0.2, -0.15) is 0 Å². The van der Waals surface area contributed by atoms with Gasteiger partial charge in [0.1, 0.15) is 0 Å². The first-order valence-electron chi connectivity index (χ1n) is 5.38. The van der Waals surface area contributed by atoms with E-state index in [0.29, 0.717) is 28.1 Å². The van der Waals surface area contributed by atoms with Crippen LogP contribution < -0.4 is 5.32 Å². The molecule has 1 aliphatic carbocycles. The zero-order valence-corrected chi connectivity index (χ0v) is 10.4. The van der Waals surface area contributed by atoms with E-state index in [2.05, 4.69) is 5.32 Å². The molecule has 1 fully saturated rings. The summed E-state index contributed by atoms with van der Waals surface area (Å²) in [6, 6.07) is 3.42. The number of thiophene rings is 1. The molecule has 3 nitrogen and oxygen atoms in total. The predicted molar refractivity (Wildman–Crippen MR) is 65.0 cm³/mol. The second-order valence-electron chi connectivity index (χ2n) is 4.05. The lowest BCUT2D eigenvalue weighted by Crippen LogP contribution is -2.27. The Morgan fingerprint density at radius 3 is 2.94 bits per heavy atom. The molecule has 1 aromatic heterocycles. The van der Waals surface area contributed by atoms with Crippen molar-refractivity contribution in [3.63, 3.8) is 0 Å². The average Bonchev–Trinajstić information content (AvgIpc) is 3.01. The minimum atomic E-state index is -0.257. The molecule has 0 radical (unpaired) electrons. The maximum Gasteiger partial charge on any atom is 0.261 e. The second-order valence-corrected chi connectivity index (χ2v) is 5.77. The summed E-state index contributed by atoms with van der Waals surface area (Å²) in [5, 5.41) is 12.4. The number of hydrogen-bond acceptors (Lipinski definition) is 3. The summed E-state index contributed by atoms with van der Waals surface area (Å²) in [6.45, 7) is 0.520. The molecule has 0 aliphatic heterocycles. The van der Waals surface area contributed by atoms with Gasteiger partial charge < -0.3 is 10.4 Å². The first-order valence-corrected chi connectivity index (χ1v) is 6.58. The van der Waals surface area contributed by atoms with Crippen LogP contribution in [0.4, 0.5) is 0 Å². The van der Waals surface area contributed by atoms with Crippen molar-refractivity contribution in [2.45, 2.75) is 25.4 Å². The van der Waals surface area contributed by atoms with E-state index in [1.807, 2.05) is 0 Å². The van der Waals surface area contributed by atoms with Crippen LogP contribution in [-0.4, -0.2) is 23.7 Å². The fourth-order valence-electron chi connectivity index (χ4n) is 1.57. The van der Waals surface area contributed by atoms with Crippen molar-refractivity contribution < 1.29 is 9.90 Å². The Morgan fingerprint density at radius 2 is 2.38 bits per heavy atom. The normalized spacial score (nSPS) is 17.1. The van der Waals surface area contributed by atoms with Crippen LogP contribution in [-0.2, 0) is 0 Å². The summed E-state index contributed by atoms with van der Waals surface area (Å²) < 4.78 is 0.614. The van der Waals surface area contributed by atoms with Gasteiger partial charge in [-0.3, -0.25) is 4.79 Å². The zero-order valence-electron chi connectivity index (χ0n) is 8.78. The Hall–Kier alpha value is -0.580. The number of nitrogens with one attached hydrogen (secondary N) is 1. The van der Waals surface area contributed by atoms with E-state index in [4.69, 9.17) is 11.6 Å². The molecule has 0 aromatic carbocycles. The summed E-state index contributed by atoms with van der Waals surface area (Å²) in [7, 11) is 0. The molecule has 1 atom stereocenters. The van der Waals surface area contributed by atoms with E-state index in [1.165, 1.54) is 11.3 Å². The lowest BCUT2D eigenvalue weighted by atomic mass is 10.1. The largest absolute Gasteiger partial charge is 0.393 e. The van der Waals surface area contributed by atoms with Crippen molar-refractivity contribution in [3.8, 4) is 0 Å². The van der Waals surface area contributed by atoms with Crippen molar-refractivity contribution in [2.75, 3.05) is 6.54 Å². The van der Waals surface area contributed by atoms with Crippen molar-refractivity contribution in [1.29, 1.82) is 0 Å². The molecule has 1 aliphatic rings. The Morgan fingerprint density at radius 1 is 1.62 bits per heavy atom. The first-order chi connectivity index (χ1) is 7.66. The SMILES string of the molecule is O=C(NCC[C@@H](O)C1CC1)c1ccc(Cl)s1. The topological polar surface area (TPSA) is 49.3 Å². The molecule has 1 saturated carbocycles. The van der Waals surface area contributed by atoms with Gasteiger partial charge in [-0.1, -0.05) is 11.6 Å². The van der Waals surface area contributed by atoms with Crippen molar-refractivity contribution >= 4 is 28.8 Å². The van der Waals surface area contributed by atoms with E-state index in [1.54, 1.807) is 12.1 Å². The van der Waals surface area contributed by atoms with Gasteiger partial charge in [0.05, 0.1) is 15.3 Å². The minimum absolute atomic E-state index is 0.111. The Labute approximate surface area is 103 Å². The van der Waals surface area contributed by atoms with E-state index in [9.17, 15) is 9.90 Å². The first kappa shape index (κ1) is 11.9. The molecule has 0 spiro atoms. The molecule has 2 rings (SSSR count). The molecule has 0 unspecified atom stereocenters. The maximum absolute atomic E-state index is 11.6. The number of carbonyl (C=O) groups is 1. The summed E-state index contributed by atoms with van der Waals surface area (Å²) >= 11 is 7.00. The molecule has 1 amide bonds. The minimum Gasteiger partial charge on any atom is -0.393 e. The zero-order chi connectivity index (χ0) is 11.5. The van der Waals surface area contributed by atoms with Crippen LogP contribution in [0.1, 0.15) is 28.9 Å². The molecule has 1 heterocycles. The van der Waals surface area contributed by atoms with Crippen molar-refractivity contribution in [3.05, 3.63) is 21.3 Å². The van der Waals surface area contributed by atoms with Gasteiger partial charge in [-0.25, -0.2) is 0 Å². The van der Waals surface area contributed by atoms with Gasteiger partial charge in [0.15, 0.2) is 0 Å². The van der Waals surface area contributed by atoms with Gasteiger partial charge in [0, 0.05) is 6.54 Å². The Balaban J connectivity index is 1.71. The third kappa shape index (κ3) is 3.20.